The fraction of sp³-hybridized carbons (Fsp3) is 0.538. The molecule has 0 bridgehead atoms. The van der Waals surface area contributed by atoms with Gasteiger partial charge in [-0.15, -0.1) is 0 Å². The highest BCUT2D eigenvalue weighted by molar-refractivity contribution is 5.49. The molecule has 0 saturated heterocycles. The SMILES string of the molecule is CC[C@@H]1C2C(C)C21c1ccc(F)cc1. The lowest BCUT2D eigenvalue weighted by molar-refractivity contribution is 0.455. The largest absolute Gasteiger partial charge is 0.207 e. The summed E-state index contributed by atoms with van der Waals surface area (Å²) in [5.74, 6) is 2.49. The molecule has 0 radical (unpaired) electrons. The molecule has 14 heavy (non-hydrogen) atoms. The summed E-state index contributed by atoms with van der Waals surface area (Å²) < 4.78 is 12.8. The Morgan fingerprint density at radius 1 is 1.29 bits per heavy atom. The van der Waals surface area contributed by atoms with Crippen LogP contribution in [0.5, 0.6) is 0 Å². The molecule has 2 fully saturated rings. The van der Waals surface area contributed by atoms with Gasteiger partial charge in [0, 0.05) is 5.41 Å². The van der Waals surface area contributed by atoms with Gasteiger partial charge >= 0.3 is 0 Å². The highest BCUT2D eigenvalue weighted by atomic mass is 19.1. The van der Waals surface area contributed by atoms with Crippen LogP contribution in [0.3, 0.4) is 0 Å². The Kier molecular flexibility index (Phi) is 1.44. The van der Waals surface area contributed by atoms with E-state index in [-0.39, 0.29) is 5.82 Å². The second kappa shape index (κ2) is 2.39. The summed E-state index contributed by atoms with van der Waals surface area (Å²) in [5.41, 5.74) is 1.82. The minimum absolute atomic E-state index is 0.122. The molecule has 0 aromatic heterocycles. The summed E-state index contributed by atoms with van der Waals surface area (Å²) in [6.45, 7) is 4.58. The summed E-state index contributed by atoms with van der Waals surface area (Å²) in [4.78, 5) is 0. The lowest BCUT2D eigenvalue weighted by atomic mass is 9.89. The molecule has 2 aliphatic carbocycles. The van der Waals surface area contributed by atoms with Gasteiger partial charge in [0.05, 0.1) is 0 Å². The standard InChI is InChI=1S/C13H15F/c1-3-11-12-8(2)13(11,12)9-4-6-10(14)7-5-9/h4-8,11-12H,3H2,1-2H3/t8?,11-,12?,13?/m1/s1. The molecule has 1 heteroatoms. The van der Waals surface area contributed by atoms with E-state index in [1.54, 1.807) is 12.1 Å². The summed E-state index contributed by atoms with van der Waals surface area (Å²) in [6, 6.07) is 7.14. The first-order valence-corrected chi connectivity index (χ1v) is 5.49. The maximum Gasteiger partial charge on any atom is 0.123 e. The highest BCUT2D eigenvalue weighted by Crippen LogP contribution is 2.84. The third kappa shape index (κ3) is 0.749. The first-order valence-electron chi connectivity index (χ1n) is 5.49. The van der Waals surface area contributed by atoms with Crippen LogP contribution in [0.2, 0.25) is 0 Å². The number of hydrogen-bond acceptors (Lipinski definition) is 0. The van der Waals surface area contributed by atoms with Gasteiger partial charge in [0.2, 0.25) is 0 Å². The van der Waals surface area contributed by atoms with Gasteiger partial charge in [-0.3, -0.25) is 0 Å². The average Bonchev–Trinajstić information content (AvgIpc) is 3.04. The quantitative estimate of drug-likeness (QED) is 0.670. The number of fused-ring (bicyclic) bond motifs is 1. The van der Waals surface area contributed by atoms with Crippen molar-refractivity contribution in [3.05, 3.63) is 35.6 Å². The van der Waals surface area contributed by atoms with Gasteiger partial charge in [0.15, 0.2) is 0 Å². The first-order chi connectivity index (χ1) is 6.72. The Labute approximate surface area is 84.1 Å². The predicted octanol–water partition coefficient (Wildman–Crippen LogP) is 3.37. The lowest BCUT2D eigenvalue weighted by Crippen LogP contribution is -2.10. The van der Waals surface area contributed by atoms with Crippen LogP contribution in [0.1, 0.15) is 25.8 Å². The van der Waals surface area contributed by atoms with Gasteiger partial charge in [-0.05, 0) is 35.4 Å². The summed E-state index contributed by atoms with van der Waals surface area (Å²) in [7, 11) is 0. The third-order valence-corrected chi connectivity index (χ3v) is 4.46. The Morgan fingerprint density at radius 2 is 1.93 bits per heavy atom. The molecule has 1 aromatic rings. The monoisotopic (exact) mass is 190 g/mol. The predicted molar refractivity (Wildman–Crippen MR) is 54.5 cm³/mol. The number of benzene rings is 1. The average molecular weight is 190 g/mol. The van der Waals surface area contributed by atoms with Crippen molar-refractivity contribution < 1.29 is 4.39 Å². The van der Waals surface area contributed by atoms with E-state index < -0.39 is 0 Å². The van der Waals surface area contributed by atoms with Gasteiger partial charge in [-0.1, -0.05) is 32.4 Å². The molecule has 0 N–H and O–H groups in total. The summed E-state index contributed by atoms with van der Waals surface area (Å²) in [6.07, 6.45) is 1.27. The van der Waals surface area contributed by atoms with Crippen LogP contribution >= 0.6 is 0 Å². The van der Waals surface area contributed by atoms with E-state index in [1.165, 1.54) is 12.0 Å². The van der Waals surface area contributed by atoms with Gasteiger partial charge in [0.1, 0.15) is 5.82 Å². The molecule has 0 aliphatic heterocycles. The molecule has 0 amide bonds. The van der Waals surface area contributed by atoms with Crippen LogP contribution in [0.15, 0.2) is 24.3 Å². The maximum absolute atomic E-state index is 12.8. The molecular formula is C13H15F. The molecule has 0 heterocycles. The number of rotatable bonds is 2. The summed E-state index contributed by atoms with van der Waals surface area (Å²) >= 11 is 0. The van der Waals surface area contributed by atoms with Crippen molar-refractivity contribution in [3.63, 3.8) is 0 Å². The second-order valence-electron chi connectivity index (χ2n) is 4.77. The van der Waals surface area contributed by atoms with Gasteiger partial charge in [-0.25, -0.2) is 4.39 Å². The highest BCUT2D eigenvalue weighted by Gasteiger charge is 2.83. The number of hydrogen-bond donors (Lipinski definition) is 0. The number of halogens is 1. The second-order valence-corrected chi connectivity index (χ2v) is 4.77. The molecule has 0 spiro atoms. The Balaban J connectivity index is 1.94. The molecule has 2 aliphatic rings. The van der Waals surface area contributed by atoms with Crippen molar-refractivity contribution in [1.29, 1.82) is 0 Å². The minimum atomic E-state index is -0.122. The van der Waals surface area contributed by atoms with Crippen LogP contribution in [-0.4, -0.2) is 0 Å². The van der Waals surface area contributed by atoms with Crippen molar-refractivity contribution >= 4 is 0 Å². The van der Waals surface area contributed by atoms with Gasteiger partial charge < -0.3 is 0 Å². The van der Waals surface area contributed by atoms with E-state index in [0.717, 1.165) is 17.8 Å². The van der Waals surface area contributed by atoms with Crippen LogP contribution in [0, 0.1) is 23.6 Å². The topological polar surface area (TPSA) is 0 Å². The molecule has 74 valence electrons. The molecule has 3 rings (SSSR count). The van der Waals surface area contributed by atoms with Crippen molar-refractivity contribution in [1.82, 2.24) is 0 Å². The molecule has 2 saturated carbocycles. The fourth-order valence-electron chi connectivity index (χ4n) is 3.70. The van der Waals surface area contributed by atoms with Gasteiger partial charge in [0.25, 0.3) is 0 Å². The first kappa shape index (κ1) is 8.46. The van der Waals surface area contributed by atoms with Crippen molar-refractivity contribution in [3.8, 4) is 0 Å². The van der Waals surface area contributed by atoms with Crippen molar-refractivity contribution in [2.24, 2.45) is 17.8 Å². The molecule has 0 nitrogen and oxygen atoms in total. The van der Waals surface area contributed by atoms with E-state index in [9.17, 15) is 4.39 Å². The maximum atomic E-state index is 12.8. The van der Waals surface area contributed by atoms with E-state index in [1.807, 2.05) is 12.1 Å². The van der Waals surface area contributed by atoms with Crippen molar-refractivity contribution in [2.45, 2.75) is 25.7 Å². The zero-order valence-corrected chi connectivity index (χ0v) is 8.63. The van der Waals surface area contributed by atoms with Gasteiger partial charge in [-0.2, -0.15) is 0 Å². The van der Waals surface area contributed by atoms with Crippen LogP contribution < -0.4 is 0 Å². The third-order valence-electron chi connectivity index (χ3n) is 4.46. The Bertz CT molecular complexity index is 361. The zero-order valence-electron chi connectivity index (χ0n) is 8.63. The van der Waals surface area contributed by atoms with Crippen LogP contribution in [0.4, 0.5) is 4.39 Å². The molecule has 3 unspecified atom stereocenters. The summed E-state index contributed by atoms with van der Waals surface area (Å²) in [5, 5.41) is 0. The fourth-order valence-corrected chi connectivity index (χ4v) is 3.70. The Morgan fingerprint density at radius 3 is 2.36 bits per heavy atom. The molecular weight excluding hydrogens is 175 g/mol. The van der Waals surface area contributed by atoms with E-state index in [4.69, 9.17) is 0 Å². The van der Waals surface area contributed by atoms with E-state index in [0.29, 0.717) is 5.41 Å². The Hall–Kier alpha value is -0.850. The lowest BCUT2D eigenvalue weighted by Gasteiger charge is -2.15. The van der Waals surface area contributed by atoms with E-state index in [2.05, 4.69) is 13.8 Å². The van der Waals surface area contributed by atoms with Crippen LogP contribution in [-0.2, 0) is 5.41 Å². The minimum Gasteiger partial charge on any atom is -0.207 e. The van der Waals surface area contributed by atoms with E-state index >= 15 is 0 Å². The normalized spacial score (nSPS) is 43.2. The molecule has 1 aromatic carbocycles. The smallest absolute Gasteiger partial charge is 0.123 e. The van der Waals surface area contributed by atoms with Crippen molar-refractivity contribution in [2.75, 3.05) is 0 Å². The van der Waals surface area contributed by atoms with Crippen LogP contribution in [0.25, 0.3) is 0 Å². The molecule has 4 atom stereocenters. The zero-order chi connectivity index (χ0) is 9.92.